The van der Waals surface area contributed by atoms with E-state index in [0.29, 0.717) is 23.0 Å². The van der Waals surface area contributed by atoms with Gasteiger partial charge in [-0.15, -0.1) is 0 Å². The van der Waals surface area contributed by atoms with Gasteiger partial charge in [-0.1, -0.05) is 13.8 Å². The third-order valence-corrected chi connectivity index (χ3v) is 4.20. The van der Waals surface area contributed by atoms with Crippen LogP contribution in [0.5, 0.6) is 0 Å². The Labute approximate surface area is 150 Å². The fourth-order valence-electron chi connectivity index (χ4n) is 3.15. The lowest BCUT2D eigenvalue weighted by Gasteiger charge is -2.29. The molecule has 1 aliphatic carbocycles. The molecule has 1 heterocycles. The molecule has 0 saturated heterocycles. The summed E-state index contributed by atoms with van der Waals surface area (Å²) in [6.07, 6.45) is 2.86. The second-order valence-electron chi connectivity index (χ2n) is 7.16. The van der Waals surface area contributed by atoms with Gasteiger partial charge in [0.2, 0.25) is 11.1 Å². The van der Waals surface area contributed by atoms with E-state index in [9.17, 15) is 14.4 Å². The normalized spacial score (nSPS) is 16.3. The molecule has 0 atom stereocenters. The summed E-state index contributed by atoms with van der Waals surface area (Å²) in [6.45, 7) is 5.91. The number of carbonyl (C=O) groups is 2. The van der Waals surface area contributed by atoms with E-state index in [1.807, 2.05) is 13.8 Å². The molecule has 1 aliphatic rings. The van der Waals surface area contributed by atoms with Crippen molar-refractivity contribution in [2.45, 2.75) is 33.6 Å². The predicted octanol–water partition coefficient (Wildman–Crippen LogP) is 2.78. The van der Waals surface area contributed by atoms with E-state index in [1.165, 1.54) is 0 Å². The number of ether oxygens (including phenoxy) is 1. The first-order valence-corrected chi connectivity index (χ1v) is 8.49. The first kappa shape index (κ1) is 17.8. The zero-order valence-corrected chi connectivity index (χ0v) is 15.0. The lowest BCUT2D eigenvalue weighted by molar-refractivity contribution is -0.117. The zero-order valence-electron chi connectivity index (χ0n) is 15.0. The largest absolute Gasteiger partial charge is 0.461 e. The van der Waals surface area contributed by atoms with E-state index < -0.39 is 11.4 Å². The van der Waals surface area contributed by atoms with Crippen LogP contribution < -0.4 is 10.7 Å². The number of rotatable bonds is 4. The average Bonchev–Trinajstić information content (AvgIpc) is 2.54. The van der Waals surface area contributed by atoms with Gasteiger partial charge in [-0.25, -0.2) is 4.79 Å². The Kier molecular flexibility index (Phi) is 4.63. The minimum absolute atomic E-state index is 0.0798. The molecular weight excluding hydrogens is 334 g/mol. The molecule has 0 spiro atoms. The maximum Gasteiger partial charge on any atom is 0.362 e. The average molecular weight is 355 g/mol. The fraction of sp³-hybridized carbons (Fsp3) is 0.368. The molecule has 2 N–H and O–H groups in total. The first-order chi connectivity index (χ1) is 12.3. The molecule has 0 unspecified atom stereocenters. The van der Waals surface area contributed by atoms with E-state index in [1.54, 1.807) is 31.2 Å². The maximum absolute atomic E-state index is 12.6. The van der Waals surface area contributed by atoms with Gasteiger partial charge >= 0.3 is 5.97 Å². The fourth-order valence-corrected chi connectivity index (χ4v) is 3.15. The number of aromatic nitrogens is 2. The molecule has 0 amide bonds. The van der Waals surface area contributed by atoms with Crippen molar-refractivity contribution in [2.75, 3.05) is 11.9 Å². The lowest BCUT2D eigenvalue weighted by atomic mass is 9.79. The van der Waals surface area contributed by atoms with E-state index >= 15 is 0 Å². The number of nitrogens with zero attached hydrogens (tertiary/aromatic N) is 1. The number of carbonyl (C=O) groups excluding carboxylic acids is 2. The van der Waals surface area contributed by atoms with Gasteiger partial charge in [0, 0.05) is 23.9 Å². The third-order valence-electron chi connectivity index (χ3n) is 4.20. The Bertz CT molecular complexity index is 972. The van der Waals surface area contributed by atoms with Crippen LogP contribution in [0.3, 0.4) is 0 Å². The van der Waals surface area contributed by atoms with Crippen LogP contribution in [0.25, 0.3) is 10.9 Å². The highest BCUT2D eigenvalue weighted by molar-refractivity contribution is 5.93. The minimum Gasteiger partial charge on any atom is -0.461 e. The van der Waals surface area contributed by atoms with Crippen molar-refractivity contribution in [2.24, 2.45) is 5.41 Å². The van der Waals surface area contributed by atoms with Crippen LogP contribution in [0.15, 0.2) is 34.8 Å². The van der Waals surface area contributed by atoms with Crippen molar-refractivity contribution in [1.29, 1.82) is 0 Å². The highest BCUT2D eigenvalue weighted by Crippen LogP contribution is 2.34. The van der Waals surface area contributed by atoms with E-state index in [0.717, 1.165) is 12.1 Å². The number of fused-ring (bicyclic) bond motifs is 1. The second kappa shape index (κ2) is 6.74. The number of hydrogen-bond donors (Lipinski definition) is 2. The monoisotopic (exact) mass is 355 g/mol. The summed E-state index contributed by atoms with van der Waals surface area (Å²) >= 11 is 0. The molecule has 7 heteroatoms. The van der Waals surface area contributed by atoms with E-state index in [4.69, 9.17) is 4.74 Å². The number of ketones is 1. The Morgan fingerprint density at radius 2 is 2.08 bits per heavy atom. The quantitative estimate of drug-likeness (QED) is 0.818. The Hall–Kier alpha value is -2.96. The number of allylic oxidation sites excluding steroid dienone is 2. The Morgan fingerprint density at radius 3 is 2.77 bits per heavy atom. The van der Waals surface area contributed by atoms with Gasteiger partial charge in [0.15, 0.2) is 5.78 Å². The molecule has 3 rings (SSSR count). The summed E-state index contributed by atoms with van der Waals surface area (Å²) in [7, 11) is 0. The predicted molar refractivity (Wildman–Crippen MR) is 98.0 cm³/mol. The molecule has 0 aliphatic heterocycles. The molecule has 1 aromatic heterocycles. The van der Waals surface area contributed by atoms with Crippen LogP contribution >= 0.6 is 0 Å². The number of esters is 1. The molecule has 2 aromatic rings. The summed E-state index contributed by atoms with van der Waals surface area (Å²) < 4.78 is 4.86. The minimum atomic E-state index is -0.753. The highest BCUT2D eigenvalue weighted by atomic mass is 16.5. The van der Waals surface area contributed by atoms with Gasteiger partial charge < -0.3 is 10.1 Å². The van der Waals surface area contributed by atoms with Gasteiger partial charge in [-0.3, -0.25) is 14.7 Å². The van der Waals surface area contributed by atoms with E-state index in [2.05, 4.69) is 15.5 Å². The molecular formula is C19H21N3O4. The van der Waals surface area contributed by atoms with Crippen LogP contribution in [0.1, 0.15) is 44.1 Å². The number of benzene rings is 1. The number of anilines is 1. The number of hydrogen-bond acceptors (Lipinski definition) is 6. The molecule has 26 heavy (non-hydrogen) atoms. The smallest absolute Gasteiger partial charge is 0.362 e. The topological polar surface area (TPSA) is 101 Å². The summed E-state index contributed by atoms with van der Waals surface area (Å²) in [5.41, 5.74) is 1.12. The Balaban J connectivity index is 1.96. The third kappa shape index (κ3) is 3.66. The highest BCUT2D eigenvalue weighted by Gasteiger charge is 2.27. The summed E-state index contributed by atoms with van der Waals surface area (Å²) in [6, 6.07) is 5.14. The van der Waals surface area contributed by atoms with Crippen LogP contribution in [0.4, 0.5) is 5.69 Å². The van der Waals surface area contributed by atoms with Crippen LogP contribution in [-0.2, 0) is 9.53 Å². The van der Waals surface area contributed by atoms with Crippen molar-refractivity contribution in [3.63, 3.8) is 0 Å². The van der Waals surface area contributed by atoms with Gasteiger partial charge in [-0.05, 0) is 37.0 Å². The molecule has 0 saturated carbocycles. The standard InChI is InChI=1S/C19H21N3O4/c1-4-26-18(25)16-17(24)14-8-11(5-6-15(14)21-22-16)20-12-7-13(23)10-19(2,3)9-12/h5-8,20H,4,9-10H2,1-3H3,(H,21,24). The van der Waals surface area contributed by atoms with Gasteiger partial charge in [-0.2, -0.15) is 5.10 Å². The second-order valence-corrected chi connectivity index (χ2v) is 7.16. The van der Waals surface area contributed by atoms with Gasteiger partial charge in [0.05, 0.1) is 17.5 Å². The Morgan fingerprint density at radius 1 is 1.31 bits per heavy atom. The number of aromatic amines is 1. The van der Waals surface area contributed by atoms with Crippen LogP contribution in [0, 0.1) is 5.41 Å². The first-order valence-electron chi connectivity index (χ1n) is 8.49. The van der Waals surface area contributed by atoms with Crippen LogP contribution in [0.2, 0.25) is 0 Å². The van der Waals surface area contributed by atoms with Crippen LogP contribution in [-0.4, -0.2) is 28.6 Å². The lowest BCUT2D eigenvalue weighted by Crippen LogP contribution is -2.24. The van der Waals surface area contributed by atoms with Gasteiger partial charge in [0.25, 0.3) is 0 Å². The summed E-state index contributed by atoms with van der Waals surface area (Å²) in [5, 5.41) is 10.1. The summed E-state index contributed by atoms with van der Waals surface area (Å²) in [4.78, 5) is 36.3. The molecule has 0 fully saturated rings. The van der Waals surface area contributed by atoms with Crippen molar-refractivity contribution < 1.29 is 14.3 Å². The molecule has 1 aromatic carbocycles. The van der Waals surface area contributed by atoms with E-state index in [-0.39, 0.29) is 23.5 Å². The summed E-state index contributed by atoms with van der Waals surface area (Å²) in [5.74, 6) is -0.674. The SMILES string of the molecule is CCOC(=O)c1n[nH]c2ccc(NC3=CC(=O)CC(C)(C)C3)cc2c1=O. The van der Waals surface area contributed by atoms with Crippen molar-refractivity contribution in [3.05, 3.63) is 45.9 Å². The van der Waals surface area contributed by atoms with Crippen molar-refractivity contribution >= 4 is 28.3 Å². The number of nitrogens with one attached hydrogen (secondary N) is 2. The molecule has 0 bridgehead atoms. The maximum atomic E-state index is 12.6. The molecule has 7 nitrogen and oxygen atoms in total. The zero-order chi connectivity index (χ0) is 18.9. The molecule has 136 valence electrons. The van der Waals surface area contributed by atoms with Gasteiger partial charge in [0.1, 0.15) is 0 Å². The number of H-pyrrole nitrogens is 1. The van der Waals surface area contributed by atoms with Crippen molar-refractivity contribution in [3.8, 4) is 0 Å². The van der Waals surface area contributed by atoms with Crippen molar-refractivity contribution in [1.82, 2.24) is 10.2 Å². The molecule has 0 radical (unpaired) electrons.